The highest BCUT2D eigenvalue weighted by Crippen LogP contribution is 2.36. The smallest absolute Gasteiger partial charge is 0.161 e. The van der Waals surface area contributed by atoms with E-state index in [0.29, 0.717) is 12.0 Å². The summed E-state index contributed by atoms with van der Waals surface area (Å²) < 4.78 is 11.8. The summed E-state index contributed by atoms with van der Waals surface area (Å²) >= 11 is 0. The molecule has 1 saturated carbocycles. The second-order valence-corrected chi connectivity index (χ2v) is 7.55. The number of ether oxygens (including phenoxy) is 2. The van der Waals surface area contributed by atoms with E-state index >= 15 is 0 Å². The number of pyridine rings is 1. The van der Waals surface area contributed by atoms with Crippen molar-refractivity contribution in [1.29, 1.82) is 0 Å². The van der Waals surface area contributed by atoms with Crippen LogP contribution in [0.4, 0.5) is 0 Å². The van der Waals surface area contributed by atoms with E-state index in [1.165, 1.54) is 29.5 Å². The average Bonchev–Trinajstić information content (AvgIpc) is 3.22. The fourth-order valence-electron chi connectivity index (χ4n) is 4.13. The Balaban J connectivity index is 1.52. The summed E-state index contributed by atoms with van der Waals surface area (Å²) in [5.41, 5.74) is 3.95. The molecular formula is C23H28N2O2. The van der Waals surface area contributed by atoms with Crippen LogP contribution in [0.25, 0.3) is 6.08 Å². The van der Waals surface area contributed by atoms with Crippen molar-refractivity contribution in [2.24, 2.45) is 0 Å². The van der Waals surface area contributed by atoms with Gasteiger partial charge in [-0.25, -0.2) is 0 Å². The molecule has 1 saturated heterocycles. The first kappa shape index (κ1) is 18.1. The van der Waals surface area contributed by atoms with Gasteiger partial charge in [0.15, 0.2) is 11.5 Å². The van der Waals surface area contributed by atoms with Crippen LogP contribution in [0.2, 0.25) is 0 Å². The largest absolute Gasteiger partial charge is 0.493 e. The fraction of sp³-hybridized carbons (Fsp3) is 0.435. The van der Waals surface area contributed by atoms with Gasteiger partial charge in [0, 0.05) is 31.4 Å². The Bertz CT molecular complexity index is 782. The van der Waals surface area contributed by atoms with Crippen molar-refractivity contribution in [3.05, 3.63) is 59.4 Å². The molecular weight excluding hydrogens is 336 g/mol. The Morgan fingerprint density at radius 3 is 2.67 bits per heavy atom. The van der Waals surface area contributed by atoms with Crippen LogP contribution in [0.1, 0.15) is 49.1 Å². The van der Waals surface area contributed by atoms with E-state index in [4.69, 9.17) is 9.47 Å². The molecule has 2 aromatic rings. The number of benzene rings is 1. The van der Waals surface area contributed by atoms with Crippen molar-refractivity contribution in [3.63, 3.8) is 0 Å². The first-order chi connectivity index (χ1) is 13.3. The predicted molar refractivity (Wildman–Crippen MR) is 108 cm³/mol. The van der Waals surface area contributed by atoms with Crippen LogP contribution in [0, 0.1) is 0 Å². The van der Waals surface area contributed by atoms with Gasteiger partial charge in [0.25, 0.3) is 0 Å². The summed E-state index contributed by atoms with van der Waals surface area (Å²) in [6.07, 6.45) is 12.2. The van der Waals surface area contributed by atoms with E-state index in [2.05, 4.69) is 46.7 Å². The Kier molecular flexibility index (Phi) is 5.73. The van der Waals surface area contributed by atoms with Crippen LogP contribution in [0.5, 0.6) is 11.5 Å². The topological polar surface area (TPSA) is 43.4 Å². The van der Waals surface area contributed by atoms with Gasteiger partial charge in [0.2, 0.25) is 0 Å². The van der Waals surface area contributed by atoms with Crippen molar-refractivity contribution >= 4 is 6.08 Å². The third-order valence-corrected chi connectivity index (χ3v) is 5.58. The highest BCUT2D eigenvalue weighted by atomic mass is 16.5. The summed E-state index contributed by atoms with van der Waals surface area (Å²) in [6.45, 7) is 1.93. The van der Waals surface area contributed by atoms with E-state index < -0.39 is 0 Å². The average molecular weight is 364 g/mol. The van der Waals surface area contributed by atoms with Crippen molar-refractivity contribution in [3.8, 4) is 11.5 Å². The van der Waals surface area contributed by atoms with Crippen LogP contribution >= 0.6 is 0 Å². The van der Waals surface area contributed by atoms with Gasteiger partial charge in [-0.1, -0.05) is 17.7 Å². The quantitative estimate of drug-likeness (QED) is 0.844. The van der Waals surface area contributed by atoms with E-state index in [0.717, 1.165) is 43.9 Å². The Morgan fingerprint density at radius 2 is 1.89 bits per heavy atom. The molecule has 2 fully saturated rings. The number of piperidine rings is 1. The molecule has 142 valence electrons. The number of hydrogen-bond acceptors (Lipinski definition) is 4. The van der Waals surface area contributed by atoms with E-state index in [-0.39, 0.29) is 0 Å². The zero-order valence-electron chi connectivity index (χ0n) is 16.0. The van der Waals surface area contributed by atoms with E-state index in [1.807, 2.05) is 12.4 Å². The lowest BCUT2D eigenvalue weighted by Gasteiger charge is -2.27. The minimum absolute atomic E-state index is 0.334. The SMILES string of the molecule is COc1ccc([C@H]2CNCC(=Cc3ccncc3)C2)cc1OC1CCCC1. The lowest BCUT2D eigenvalue weighted by atomic mass is 9.88. The highest BCUT2D eigenvalue weighted by molar-refractivity contribution is 5.53. The molecule has 0 radical (unpaired) electrons. The van der Waals surface area contributed by atoms with Crippen molar-refractivity contribution in [2.45, 2.75) is 44.1 Å². The lowest BCUT2D eigenvalue weighted by Crippen LogP contribution is -2.30. The molecule has 0 amide bonds. The number of aromatic nitrogens is 1. The standard InChI is InChI=1S/C23H28N2O2/c1-26-22-7-6-19(14-23(22)27-21-4-2-3-5-21)20-13-18(15-25-16-20)12-17-8-10-24-11-9-17/h6-12,14,20-21,25H,2-5,13,15-16H2,1H3/t20-/m1/s1. The molecule has 2 aliphatic rings. The maximum absolute atomic E-state index is 6.28. The first-order valence-corrected chi connectivity index (χ1v) is 9.96. The van der Waals surface area contributed by atoms with Crippen molar-refractivity contribution in [1.82, 2.24) is 10.3 Å². The minimum Gasteiger partial charge on any atom is -0.493 e. The molecule has 2 heterocycles. The summed E-state index contributed by atoms with van der Waals surface area (Å²) in [5, 5.41) is 3.57. The number of nitrogens with zero attached hydrogens (tertiary/aromatic N) is 1. The van der Waals surface area contributed by atoms with Crippen LogP contribution in [-0.2, 0) is 0 Å². The fourth-order valence-corrected chi connectivity index (χ4v) is 4.13. The van der Waals surface area contributed by atoms with Gasteiger partial charge in [-0.2, -0.15) is 0 Å². The Labute approximate surface area is 161 Å². The molecule has 1 aliphatic carbocycles. The number of hydrogen-bond donors (Lipinski definition) is 1. The molecule has 1 aromatic heterocycles. The van der Waals surface area contributed by atoms with Crippen molar-refractivity contribution in [2.75, 3.05) is 20.2 Å². The van der Waals surface area contributed by atoms with Gasteiger partial charge < -0.3 is 14.8 Å². The molecule has 0 bridgehead atoms. The molecule has 1 N–H and O–H groups in total. The third kappa shape index (κ3) is 4.51. The highest BCUT2D eigenvalue weighted by Gasteiger charge is 2.22. The van der Waals surface area contributed by atoms with Crippen molar-refractivity contribution < 1.29 is 9.47 Å². The van der Waals surface area contributed by atoms with Gasteiger partial charge in [0.1, 0.15) is 0 Å². The Morgan fingerprint density at radius 1 is 1.07 bits per heavy atom. The summed E-state index contributed by atoms with van der Waals surface area (Å²) in [7, 11) is 1.72. The monoisotopic (exact) mass is 364 g/mol. The molecule has 1 atom stereocenters. The van der Waals surface area contributed by atoms with Gasteiger partial charge in [-0.05, 0) is 67.5 Å². The zero-order chi connectivity index (χ0) is 18.5. The Hall–Kier alpha value is -2.33. The maximum Gasteiger partial charge on any atom is 0.161 e. The number of nitrogens with one attached hydrogen (secondary N) is 1. The molecule has 1 aromatic carbocycles. The molecule has 0 spiro atoms. The predicted octanol–water partition coefficient (Wildman–Crippen LogP) is 4.57. The van der Waals surface area contributed by atoms with E-state index in [1.54, 1.807) is 7.11 Å². The van der Waals surface area contributed by atoms with Crippen LogP contribution in [0.15, 0.2) is 48.3 Å². The van der Waals surface area contributed by atoms with Gasteiger partial charge >= 0.3 is 0 Å². The van der Waals surface area contributed by atoms with Crippen LogP contribution < -0.4 is 14.8 Å². The second-order valence-electron chi connectivity index (χ2n) is 7.55. The minimum atomic E-state index is 0.334. The van der Waals surface area contributed by atoms with Gasteiger partial charge in [-0.15, -0.1) is 0 Å². The molecule has 4 rings (SSSR count). The van der Waals surface area contributed by atoms with Gasteiger partial charge in [-0.3, -0.25) is 4.98 Å². The zero-order valence-corrected chi connectivity index (χ0v) is 16.0. The number of rotatable bonds is 5. The molecule has 4 nitrogen and oxygen atoms in total. The molecule has 27 heavy (non-hydrogen) atoms. The maximum atomic E-state index is 6.28. The van der Waals surface area contributed by atoms with Crippen LogP contribution in [-0.4, -0.2) is 31.3 Å². The summed E-state index contributed by atoms with van der Waals surface area (Å²) in [4.78, 5) is 4.10. The normalized spacial score (nSPS) is 22.1. The lowest BCUT2D eigenvalue weighted by molar-refractivity contribution is 0.200. The third-order valence-electron chi connectivity index (χ3n) is 5.58. The second kappa shape index (κ2) is 8.57. The molecule has 0 unspecified atom stereocenters. The molecule has 1 aliphatic heterocycles. The van der Waals surface area contributed by atoms with E-state index in [9.17, 15) is 0 Å². The van der Waals surface area contributed by atoms with Gasteiger partial charge in [0.05, 0.1) is 13.2 Å². The van der Waals surface area contributed by atoms with Crippen LogP contribution in [0.3, 0.4) is 0 Å². The summed E-state index contributed by atoms with van der Waals surface area (Å²) in [6, 6.07) is 10.5. The first-order valence-electron chi connectivity index (χ1n) is 9.96. The summed E-state index contributed by atoms with van der Waals surface area (Å²) in [5.74, 6) is 2.18. The number of methoxy groups -OCH3 is 1. The molecule has 4 heteroatoms.